The fraction of sp³-hybridized carbons (Fsp3) is 0.643. The van der Waals surface area contributed by atoms with Crippen molar-refractivity contribution in [3.63, 3.8) is 0 Å². The van der Waals surface area contributed by atoms with Crippen LogP contribution in [0.2, 0.25) is 0 Å². The van der Waals surface area contributed by atoms with Gasteiger partial charge in [-0.3, -0.25) is 19.2 Å². The normalized spacial score (nSPS) is 12.8. The van der Waals surface area contributed by atoms with Crippen molar-refractivity contribution in [3.05, 3.63) is 0 Å². The molecule has 28 heavy (non-hydrogen) atoms. The number of carboxylic acid groups (broad SMARTS) is 3. The summed E-state index contributed by atoms with van der Waals surface area (Å²) < 4.78 is 31.7. The minimum absolute atomic E-state index is 0.0529. The van der Waals surface area contributed by atoms with E-state index in [-0.39, 0.29) is 18.8 Å². The Bertz CT molecular complexity index is 581. The molecule has 11 nitrogen and oxygen atoms in total. The lowest BCUT2D eigenvalue weighted by atomic mass is 10.0. The van der Waals surface area contributed by atoms with Crippen LogP contribution in [-0.2, 0) is 24.0 Å². The van der Waals surface area contributed by atoms with Crippen LogP contribution in [0.5, 0.6) is 0 Å². The van der Waals surface area contributed by atoms with Crippen LogP contribution >= 0.6 is 0 Å². The van der Waals surface area contributed by atoms with Gasteiger partial charge in [-0.05, 0) is 12.3 Å². The first-order chi connectivity index (χ1) is 12.6. The molecule has 0 fully saturated rings. The highest BCUT2D eigenvalue weighted by Crippen LogP contribution is 2.13. The van der Waals surface area contributed by atoms with Gasteiger partial charge in [0.15, 0.2) is 0 Å². The zero-order chi connectivity index (χ0) is 22.7. The van der Waals surface area contributed by atoms with Gasteiger partial charge in [-0.25, -0.2) is 4.79 Å². The lowest BCUT2D eigenvalue weighted by Crippen LogP contribution is -2.50. The van der Waals surface area contributed by atoms with Crippen LogP contribution in [0.25, 0.3) is 0 Å². The standard InChI is InChI=1S/C12H21N3O6.C2HF3O2/c1-6(2)10(11(19)14-5-9(17)18)15-8(16)4-3-7(13)12(20)21;3-2(4,5)1(6)7/h6-7,10H,3-5,13H2,1-2H3,(H,14,19)(H,15,16)(H,17,18)(H,20,21);(H,6,7)/t7-,10-;/m0./s1. The molecule has 14 heteroatoms. The van der Waals surface area contributed by atoms with Gasteiger partial charge in [-0.2, -0.15) is 13.2 Å². The van der Waals surface area contributed by atoms with Crippen LogP contribution in [0.4, 0.5) is 13.2 Å². The Kier molecular flexibility index (Phi) is 12.2. The highest BCUT2D eigenvalue weighted by atomic mass is 19.4. The number of amides is 2. The fourth-order valence-electron chi connectivity index (χ4n) is 1.46. The van der Waals surface area contributed by atoms with Gasteiger partial charge in [0, 0.05) is 6.42 Å². The van der Waals surface area contributed by atoms with Crippen LogP contribution < -0.4 is 16.4 Å². The van der Waals surface area contributed by atoms with Crippen molar-refractivity contribution in [1.29, 1.82) is 0 Å². The minimum atomic E-state index is -5.08. The van der Waals surface area contributed by atoms with E-state index < -0.39 is 54.5 Å². The Labute approximate surface area is 157 Å². The first kappa shape index (κ1) is 27.3. The second kappa shape index (κ2) is 12.5. The molecule has 2 atom stereocenters. The van der Waals surface area contributed by atoms with Crippen molar-refractivity contribution in [1.82, 2.24) is 10.6 Å². The van der Waals surface area contributed by atoms with Crippen molar-refractivity contribution in [2.24, 2.45) is 11.7 Å². The lowest BCUT2D eigenvalue weighted by Gasteiger charge is -2.21. The molecule has 0 spiro atoms. The molecule has 0 rings (SSSR count). The molecule has 0 saturated carbocycles. The smallest absolute Gasteiger partial charge is 0.480 e. The molecule has 7 N–H and O–H groups in total. The van der Waals surface area contributed by atoms with Crippen molar-refractivity contribution >= 4 is 29.7 Å². The number of halogens is 3. The Morgan fingerprint density at radius 3 is 1.82 bits per heavy atom. The molecule has 162 valence electrons. The van der Waals surface area contributed by atoms with Crippen molar-refractivity contribution in [2.75, 3.05) is 6.54 Å². The van der Waals surface area contributed by atoms with E-state index in [1.165, 1.54) is 0 Å². The molecule has 2 amide bonds. The predicted molar refractivity (Wildman–Crippen MR) is 86.0 cm³/mol. The number of aliphatic carboxylic acids is 3. The monoisotopic (exact) mass is 417 g/mol. The number of nitrogens with one attached hydrogen (secondary N) is 2. The van der Waals surface area contributed by atoms with Gasteiger partial charge in [0.05, 0.1) is 0 Å². The third-order valence-corrected chi connectivity index (χ3v) is 2.92. The maximum absolute atomic E-state index is 11.8. The molecule has 0 aliphatic carbocycles. The lowest BCUT2D eigenvalue weighted by molar-refractivity contribution is -0.192. The molecule has 0 heterocycles. The van der Waals surface area contributed by atoms with E-state index in [0.29, 0.717) is 0 Å². The first-order valence-corrected chi connectivity index (χ1v) is 7.66. The van der Waals surface area contributed by atoms with E-state index in [9.17, 15) is 32.3 Å². The summed E-state index contributed by atoms with van der Waals surface area (Å²) >= 11 is 0. The second-order valence-electron chi connectivity index (χ2n) is 5.69. The maximum atomic E-state index is 11.8. The Balaban J connectivity index is 0. The van der Waals surface area contributed by atoms with Gasteiger partial charge in [0.1, 0.15) is 18.6 Å². The molecule has 0 saturated heterocycles. The largest absolute Gasteiger partial charge is 0.490 e. The topological polar surface area (TPSA) is 196 Å². The number of carboxylic acids is 3. The number of carbonyl (C=O) groups excluding carboxylic acids is 2. The molecule has 0 aliphatic rings. The fourth-order valence-corrected chi connectivity index (χ4v) is 1.46. The van der Waals surface area contributed by atoms with Gasteiger partial charge in [0.2, 0.25) is 11.8 Å². The van der Waals surface area contributed by atoms with Gasteiger partial charge in [0.25, 0.3) is 0 Å². The highest BCUT2D eigenvalue weighted by Gasteiger charge is 2.38. The molecule has 0 radical (unpaired) electrons. The molecule has 0 aromatic carbocycles. The number of rotatable bonds is 9. The first-order valence-electron chi connectivity index (χ1n) is 7.66. The van der Waals surface area contributed by atoms with Crippen molar-refractivity contribution in [2.45, 2.75) is 44.9 Å². The Hall–Kier alpha value is -2.90. The minimum Gasteiger partial charge on any atom is -0.480 e. The SMILES string of the molecule is CC(C)[C@H](NC(=O)CC[C@H](N)C(=O)O)C(=O)NCC(=O)O.O=C(O)C(F)(F)F. The van der Waals surface area contributed by atoms with Gasteiger partial charge in [-0.1, -0.05) is 13.8 Å². The summed E-state index contributed by atoms with van der Waals surface area (Å²) in [6, 6.07) is -2.04. The number of nitrogens with two attached hydrogens (primary N) is 1. The van der Waals surface area contributed by atoms with Crippen LogP contribution in [0.15, 0.2) is 0 Å². The summed E-state index contributed by atoms with van der Waals surface area (Å²) in [7, 11) is 0. The molecular weight excluding hydrogens is 395 g/mol. The molecule has 0 aliphatic heterocycles. The second-order valence-corrected chi connectivity index (χ2v) is 5.69. The molecule has 0 aromatic rings. The van der Waals surface area contributed by atoms with Crippen LogP contribution in [0, 0.1) is 5.92 Å². The molecule has 0 bridgehead atoms. The zero-order valence-electron chi connectivity index (χ0n) is 14.9. The van der Waals surface area contributed by atoms with Gasteiger partial charge >= 0.3 is 24.1 Å². The summed E-state index contributed by atoms with van der Waals surface area (Å²) in [5.74, 6) is -6.53. The number of hydrogen-bond donors (Lipinski definition) is 6. The van der Waals surface area contributed by atoms with Gasteiger partial charge < -0.3 is 31.7 Å². The number of carbonyl (C=O) groups is 5. The van der Waals surface area contributed by atoms with E-state index >= 15 is 0 Å². The number of hydrogen-bond acceptors (Lipinski definition) is 6. The zero-order valence-corrected chi connectivity index (χ0v) is 14.9. The van der Waals surface area contributed by atoms with E-state index in [0.717, 1.165) is 0 Å². The van der Waals surface area contributed by atoms with Crippen LogP contribution in [0.3, 0.4) is 0 Å². The summed E-state index contributed by atoms with van der Waals surface area (Å²) in [6.45, 7) is 2.84. The van der Waals surface area contributed by atoms with Crippen molar-refractivity contribution in [3.8, 4) is 0 Å². The number of alkyl halides is 3. The van der Waals surface area contributed by atoms with Gasteiger partial charge in [-0.15, -0.1) is 0 Å². The predicted octanol–water partition coefficient (Wildman–Crippen LogP) is -0.847. The van der Waals surface area contributed by atoms with Crippen molar-refractivity contribution < 1.29 is 52.5 Å². The summed E-state index contributed by atoms with van der Waals surface area (Å²) in [6.07, 6.45) is -5.27. The average molecular weight is 417 g/mol. The summed E-state index contributed by atoms with van der Waals surface area (Å²) in [4.78, 5) is 53.2. The molecular formula is C14H22F3N3O8. The maximum Gasteiger partial charge on any atom is 0.490 e. The Morgan fingerprint density at radius 2 is 1.50 bits per heavy atom. The quantitative estimate of drug-likeness (QED) is 0.277. The highest BCUT2D eigenvalue weighted by molar-refractivity contribution is 5.89. The van der Waals surface area contributed by atoms with E-state index in [1.807, 2.05) is 0 Å². The molecule has 0 unspecified atom stereocenters. The van der Waals surface area contributed by atoms with Crippen LogP contribution in [0.1, 0.15) is 26.7 Å². The Morgan fingerprint density at radius 1 is 1.04 bits per heavy atom. The van der Waals surface area contributed by atoms with E-state index in [1.54, 1.807) is 13.8 Å². The third kappa shape index (κ3) is 13.3. The summed E-state index contributed by atoms with van der Waals surface area (Å²) in [5, 5.41) is 28.8. The van der Waals surface area contributed by atoms with E-state index in [2.05, 4.69) is 10.6 Å². The van der Waals surface area contributed by atoms with Crippen LogP contribution in [-0.4, -0.2) is 69.8 Å². The van der Waals surface area contributed by atoms with E-state index in [4.69, 9.17) is 25.8 Å². The average Bonchev–Trinajstić information content (AvgIpc) is 2.54. The third-order valence-electron chi connectivity index (χ3n) is 2.92. The summed E-state index contributed by atoms with van der Waals surface area (Å²) in [5.41, 5.74) is 5.27. The molecule has 0 aromatic heterocycles.